The van der Waals surface area contributed by atoms with E-state index >= 15 is 0 Å². The van der Waals surface area contributed by atoms with Gasteiger partial charge in [0.2, 0.25) is 5.91 Å². The van der Waals surface area contributed by atoms with E-state index in [0.717, 1.165) is 11.5 Å². The number of nitrogens with one attached hydrogen (secondary N) is 2. The van der Waals surface area contributed by atoms with E-state index in [1.165, 1.54) is 12.4 Å². The van der Waals surface area contributed by atoms with Crippen LogP contribution in [0.4, 0.5) is 0 Å². The van der Waals surface area contributed by atoms with Crippen molar-refractivity contribution in [2.24, 2.45) is 0 Å². The summed E-state index contributed by atoms with van der Waals surface area (Å²) < 4.78 is 10.9. The summed E-state index contributed by atoms with van der Waals surface area (Å²) in [5.74, 6) is 0.841. The number of carbonyl (C=O) groups is 2. The molecule has 0 aliphatic heterocycles. The van der Waals surface area contributed by atoms with Gasteiger partial charge in [0, 0.05) is 24.4 Å². The molecule has 0 radical (unpaired) electrons. The highest BCUT2D eigenvalue weighted by Crippen LogP contribution is 2.17. The van der Waals surface area contributed by atoms with Crippen LogP contribution < -0.4 is 20.3 Å². The maximum Gasteiger partial charge on any atom is 0.269 e. The zero-order valence-corrected chi connectivity index (χ0v) is 14.0. The van der Waals surface area contributed by atoms with Crippen molar-refractivity contribution in [3.63, 3.8) is 0 Å². The molecule has 7 heteroatoms. The third-order valence-electron chi connectivity index (χ3n) is 3.21. The van der Waals surface area contributed by atoms with Gasteiger partial charge in [-0.1, -0.05) is 0 Å². The molecule has 2 aromatic rings. The maximum atomic E-state index is 11.7. The molecule has 0 aliphatic carbocycles. The first-order valence-electron chi connectivity index (χ1n) is 8.04. The second-order valence-electron chi connectivity index (χ2n) is 5.09. The summed E-state index contributed by atoms with van der Waals surface area (Å²) in [6, 6.07) is 10.4. The Morgan fingerprint density at radius 3 is 2.24 bits per heavy atom. The Hall–Kier alpha value is -3.09. The molecule has 0 saturated heterocycles. The SMILES string of the molecule is CCOc1ccc(OCCCC(=O)NNC(=O)c2ccncc2)cc1. The lowest BCUT2D eigenvalue weighted by Crippen LogP contribution is -2.41. The highest BCUT2D eigenvalue weighted by Gasteiger charge is 2.06. The van der Waals surface area contributed by atoms with E-state index in [-0.39, 0.29) is 18.2 Å². The van der Waals surface area contributed by atoms with Gasteiger partial charge >= 0.3 is 0 Å². The van der Waals surface area contributed by atoms with Gasteiger partial charge < -0.3 is 9.47 Å². The molecule has 7 nitrogen and oxygen atoms in total. The molecule has 2 rings (SSSR count). The summed E-state index contributed by atoms with van der Waals surface area (Å²) in [5, 5.41) is 0. The van der Waals surface area contributed by atoms with Gasteiger partial charge in [0.1, 0.15) is 11.5 Å². The minimum absolute atomic E-state index is 0.244. The predicted octanol–water partition coefficient (Wildman–Crippen LogP) is 2.10. The van der Waals surface area contributed by atoms with Crippen molar-refractivity contribution < 1.29 is 19.1 Å². The molecular weight excluding hydrogens is 322 g/mol. The molecule has 0 unspecified atom stereocenters. The zero-order valence-electron chi connectivity index (χ0n) is 14.0. The fourth-order valence-electron chi connectivity index (χ4n) is 1.99. The fourth-order valence-corrected chi connectivity index (χ4v) is 1.99. The molecule has 2 amide bonds. The van der Waals surface area contributed by atoms with Crippen molar-refractivity contribution in [2.45, 2.75) is 19.8 Å². The van der Waals surface area contributed by atoms with Crippen molar-refractivity contribution in [2.75, 3.05) is 13.2 Å². The predicted molar refractivity (Wildman–Crippen MR) is 92.2 cm³/mol. The summed E-state index contributed by atoms with van der Waals surface area (Å²) in [5.41, 5.74) is 5.15. The lowest BCUT2D eigenvalue weighted by atomic mass is 10.2. The number of ether oxygens (including phenoxy) is 2. The van der Waals surface area contributed by atoms with Gasteiger partial charge in [-0.25, -0.2) is 0 Å². The summed E-state index contributed by atoms with van der Waals surface area (Å²) >= 11 is 0. The molecule has 132 valence electrons. The molecule has 0 atom stereocenters. The van der Waals surface area contributed by atoms with Gasteiger partial charge in [0.15, 0.2) is 0 Å². The molecule has 1 aromatic carbocycles. The Morgan fingerprint density at radius 2 is 1.60 bits per heavy atom. The van der Waals surface area contributed by atoms with Crippen LogP contribution >= 0.6 is 0 Å². The molecule has 0 fully saturated rings. The highest BCUT2D eigenvalue weighted by atomic mass is 16.5. The molecule has 0 saturated carbocycles. The average Bonchev–Trinajstić information content (AvgIpc) is 2.65. The Morgan fingerprint density at radius 1 is 0.960 bits per heavy atom. The number of amides is 2. The lowest BCUT2D eigenvalue weighted by molar-refractivity contribution is -0.122. The van der Waals surface area contributed by atoms with Crippen molar-refractivity contribution in [3.05, 3.63) is 54.4 Å². The number of carbonyl (C=O) groups excluding carboxylic acids is 2. The number of benzene rings is 1. The van der Waals surface area contributed by atoms with Gasteiger partial charge in [-0.05, 0) is 49.7 Å². The summed E-state index contributed by atoms with van der Waals surface area (Å²) in [7, 11) is 0. The summed E-state index contributed by atoms with van der Waals surface area (Å²) in [4.78, 5) is 27.3. The van der Waals surface area contributed by atoms with E-state index in [0.29, 0.717) is 25.2 Å². The third-order valence-corrected chi connectivity index (χ3v) is 3.21. The molecule has 2 N–H and O–H groups in total. The van der Waals surface area contributed by atoms with Crippen molar-refractivity contribution in [1.29, 1.82) is 0 Å². The number of aromatic nitrogens is 1. The van der Waals surface area contributed by atoms with E-state index < -0.39 is 0 Å². The number of pyridine rings is 1. The Kier molecular flexibility index (Phi) is 7.24. The first kappa shape index (κ1) is 18.3. The molecule has 25 heavy (non-hydrogen) atoms. The minimum atomic E-state index is -0.388. The third kappa shape index (κ3) is 6.50. The molecule has 1 aromatic heterocycles. The van der Waals surface area contributed by atoms with Crippen LogP contribution in [0.1, 0.15) is 30.1 Å². The van der Waals surface area contributed by atoms with Crippen molar-refractivity contribution in [3.8, 4) is 11.5 Å². The molecule has 0 bridgehead atoms. The van der Waals surface area contributed by atoms with Crippen LogP contribution in [0.2, 0.25) is 0 Å². The molecule has 0 spiro atoms. The monoisotopic (exact) mass is 343 g/mol. The Labute approximate surface area is 146 Å². The second kappa shape index (κ2) is 9.92. The molecule has 1 heterocycles. The van der Waals surface area contributed by atoms with Gasteiger partial charge in [-0.15, -0.1) is 0 Å². The van der Waals surface area contributed by atoms with Crippen molar-refractivity contribution in [1.82, 2.24) is 15.8 Å². The zero-order chi connectivity index (χ0) is 17.9. The quantitative estimate of drug-likeness (QED) is 0.566. The summed E-state index contributed by atoms with van der Waals surface area (Å²) in [6.45, 7) is 2.95. The number of nitrogens with zero attached hydrogens (tertiary/aromatic N) is 1. The van der Waals surface area contributed by atoms with E-state index in [2.05, 4.69) is 15.8 Å². The molecule has 0 aliphatic rings. The largest absolute Gasteiger partial charge is 0.494 e. The van der Waals surface area contributed by atoms with Crippen LogP contribution in [0.15, 0.2) is 48.8 Å². The van der Waals surface area contributed by atoms with Gasteiger partial charge in [0.25, 0.3) is 5.91 Å². The number of rotatable bonds is 8. The highest BCUT2D eigenvalue weighted by molar-refractivity contribution is 5.95. The van der Waals surface area contributed by atoms with Crippen LogP contribution in [0.5, 0.6) is 11.5 Å². The van der Waals surface area contributed by atoms with Crippen LogP contribution in [0, 0.1) is 0 Å². The maximum absolute atomic E-state index is 11.7. The van der Waals surface area contributed by atoms with Gasteiger partial charge in [0.05, 0.1) is 13.2 Å². The summed E-state index contributed by atoms with van der Waals surface area (Å²) in [6.07, 6.45) is 3.79. The first-order valence-corrected chi connectivity index (χ1v) is 8.04. The Balaban J connectivity index is 1.61. The number of hydrogen-bond acceptors (Lipinski definition) is 5. The van der Waals surface area contributed by atoms with Gasteiger partial charge in [-0.2, -0.15) is 0 Å². The van der Waals surface area contributed by atoms with E-state index in [4.69, 9.17) is 9.47 Å². The first-order chi connectivity index (χ1) is 12.2. The standard InChI is InChI=1S/C18H21N3O4/c1-2-24-15-5-7-16(8-6-15)25-13-3-4-17(22)20-21-18(23)14-9-11-19-12-10-14/h5-12H,2-4,13H2,1H3,(H,20,22)(H,21,23). The van der Waals surface area contributed by atoms with E-state index in [9.17, 15) is 9.59 Å². The smallest absolute Gasteiger partial charge is 0.269 e. The van der Waals surface area contributed by atoms with E-state index in [1.807, 2.05) is 31.2 Å². The number of hydrazine groups is 1. The minimum Gasteiger partial charge on any atom is -0.494 e. The van der Waals surface area contributed by atoms with Crippen LogP contribution in [0.25, 0.3) is 0 Å². The van der Waals surface area contributed by atoms with Crippen LogP contribution in [0.3, 0.4) is 0 Å². The van der Waals surface area contributed by atoms with Crippen molar-refractivity contribution >= 4 is 11.8 Å². The second-order valence-corrected chi connectivity index (χ2v) is 5.09. The van der Waals surface area contributed by atoms with Crippen LogP contribution in [-0.4, -0.2) is 30.0 Å². The Bertz CT molecular complexity index is 674. The normalized spacial score (nSPS) is 9.96. The fraction of sp³-hybridized carbons (Fsp3) is 0.278. The lowest BCUT2D eigenvalue weighted by Gasteiger charge is -2.09. The molecular formula is C18H21N3O4. The number of hydrogen-bond donors (Lipinski definition) is 2. The van der Waals surface area contributed by atoms with Gasteiger partial charge in [-0.3, -0.25) is 25.4 Å². The topological polar surface area (TPSA) is 89.5 Å². The average molecular weight is 343 g/mol. The van der Waals surface area contributed by atoms with E-state index in [1.54, 1.807) is 12.1 Å². The van der Waals surface area contributed by atoms with Crippen LogP contribution in [-0.2, 0) is 4.79 Å².